The molecule has 2 aromatic rings. The number of aromatic amines is 1. The number of hydrogen-bond acceptors (Lipinski definition) is 4. The molecule has 0 bridgehead atoms. The molecule has 8 heteroatoms. The van der Waals surface area contributed by atoms with Crippen molar-refractivity contribution < 1.29 is 9.59 Å². The molecular weight excluding hydrogens is 308 g/mol. The third-order valence-corrected chi connectivity index (χ3v) is 4.76. The van der Waals surface area contributed by atoms with Crippen LogP contribution in [0, 0.1) is 0 Å². The molecule has 2 aliphatic rings. The molecule has 3 heterocycles. The van der Waals surface area contributed by atoms with Crippen LogP contribution in [0.1, 0.15) is 48.0 Å². The predicted molar refractivity (Wildman–Crippen MR) is 84.9 cm³/mol. The smallest absolute Gasteiger partial charge is 0.269 e. The molecule has 0 aromatic carbocycles. The van der Waals surface area contributed by atoms with Crippen LogP contribution >= 0.6 is 0 Å². The van der Waals surface area contributed by atoms with Crippen molar-refractivity contribution in [3.8, 4) is 0 Å². The summed E-state index contributed by atoms with van der Waals surface area (Å²) in [6, 6.07) is 1.51. The van der Waals surface area contributed by atoms with Crippen LogP contribution in [0.2, 0.25) is 0 Å². The van der Waals surface area contributed by atoms with Crippen molar-refractivity contribution >= 4 is 11.8 Å². The van der Waals surface area contributed by atoms with Crippen molar-refractivity contribution in [2.75, 3.05) is 0 Å². The van der Waals surface area contributed by atoms with Crippen LogP contribution in [0.5, 0.6) is 0 Å². The minimum atomic E-state index is -0.231. The van der Waals surface area contributed by atoms with Crippen LogP contribution in [0.15, 0.2) is 24.7 Å². The second-order valence-electron chi connectivity index (χ2n) is 6.46. The Bertz CT molecular complexity index is 748. The van der Waals surface area contributed by atoms with Crippen molar-refractivity contribution in [1.82, 2.24) is 30.0 Å². The Morgan fingerprint density at radius 3 is 2.79 bits per heavy atom. The fourth-order valence-electron chi connectivity index (χ4n) is 3.44. The first kappa shape index (κ1) is 14.9. The molecule has 1 saturated carbocycles. The van der Waals surface area contributed by atoms with Gasteiger partial charge in [0.2, 0.25) is 5.91 Å². The highest BCUT2D eigenvalue weighted by Gasteiger charge is 2.46. The van der Waals surface area contributed by atoms with Crippen molar-refractivity contribution in [2.45, 2.75) is 43.8 Å². The summed E-state index contributed by atoms with van der Waals surface area (Å²) in [7, 11) is 1.92. The summed E-state index contributed by atoms with van der Waals surface area (Å²) >= 11 is 0. The summed E-state index contributed by atoms with van der Waals surface area (Å²) in [5, 5.41) is 9.56. The first-order chi connectivity index (χ1) is 11.6. The number of rotatable bonds is 4. The van der Waals surface area contributed by atoms with Gasteiger partial charge in [0.05, 0.1) is 6.04 Å². The second-order valence-corrected chi connectivity index (χ2v) is 6.46. The number of hydrogen-bond donors (Lipinski definition) is 2. The predicted octanol–water partition coefficient (Wildman–Crippen LogP) is 0.768. The highest BCUT2D eigenvalue weighted by atomic mass is 16.2. The van der Waals surface area contributed by atoms with Gasteiger partial charge in [-0.05, 0) is 25.3 Å². The van der Waals surface area contributed by atoms with Crippen molar-refractivity contribution in [1.29, 1.82) is 0 Å². The second kappa shape index (κ2) is 5.77. The number of imidazole rings is 1. The number of aryl methyl sites for hydroxylation is 1. The average molecular weight is 328 g/mol. The van der Waals surface area contributed by atoms with E-state index in [9.17, 15) is 9.59 Å². The van der Waals surface area contributed by atoms with E-state index in [1.165, 1.54) is 0 Å². The maximum absolute atomic E-state index is 12.5. The van der Waals surface area contributed by atoms with Gasteiger partial charge in [0.15, 0.2) is 0 Å². The van der Waals surface area contributed by atoms with E-state index in [1.807, 2.05) is 22.7 Å². The fraction of sp³-hybridized carbons (Fsp3) is 0.500. The van der Waals surface area contributed by atoms with Crippen LogP contribution in [-0.4, -0.2) is 48.5 Å². The van der Waals surface area contributed by atoms with E-state index >= 15 is 0 Å². The van der Waals surface area contributed by atoms with Gasteiger partial charge in [0.1, 0.15) is 17.6 Å². The molecule has 4 rings (SSSR count). The lowest BCUT2D eigenvalue weighted by Crippen LogP contribution is -2.53. The molecule has 2 fully saturated rings. The Kier molecular flexibility index (Phi) is 3.59. The van der Waals surface area contributed by atoms with Crippen molar-refractivity contribution in [3.05, 3.63) is 36.2 Å². The molecule has 2 N–H and O–H groups in total. The standard InChI is InChI=1S/C16H20N6O2/c1-21-9-8-17-15(21)14-11(19-16(24)12-6-7-18-20-12)4-5-13(23)22(14)10-2-3-10/h6-11,14H,2-5H2,1H3,(H,18,20)(H,19,24)/t11-,14-/m1/s1. The van der Waals surface area contributed by atoms with Gasteiger partial charge in [0, 0.05) is 38.1 Å². The van der Waals surface area contributed by atoms with Crippen LogP contribution in [0.25, 0.3) is 0 Å². The van der Waals surface area contributed by atoms with E-state index in [0.717, 1.165) is 18.7 Å². The lowest BCUT2D eigenvalue weighted by molar-refractivity contribution is -0.138. The molecular formula is C16H20N6O2. The Balaban J connectivity index is 1.64. The largest absolute Gasteiger partial charge is 0.345 e. The molecule has 2 amide bonds. The lowest BCUT2D eigenvalue weighted by Gasteiger charge is -2.41. The number of amides is 2. The van der Waals surface area contributed by atoms with Gasteiger partial charge in [-0.2, -0.15) is 5.10 Å². The minimum Gasteiger partial charge on any atom is -0.345 e. The van der Waals surface area contributed by atoms with E-state index in [-0.39, 0.29) is 29.9 Å². The Morgan fingerprint density at radius 1 is 1.33 bits per heavy atom. The quantitative estimate of drug-likeness (QED) is 0.866. The number of H-pyrrole nitrogens is 1. The van der Waals surface area contributed by atoms with Gasteiger partial charge in [-0.15, -0.1) is 0 Å². The first-order valence-electron chi connectivity index (χ1n) is 8.24. The zero-order valence-corrected chi connectivity index (χ0v) is 13.5. The zero-order valence-electron chi connectivity index (χ0n) is 13.5. The monoisotopic (exact) mass is 328 g/mol. The van der Waals surface area contributed by atoms with Crippen molar-refractivity contribution in [2.24, 2.45) is 7.05 Å². The minimum absolute atomic E-state index is 0.150. The summed E-state index contributed by atoms with van der Waals surface area (Å²) in [6.07, 6.45) is 8.25. The fourth-order valence-corrected chi connectivity index (χ4v) is 3.44. The maximum Gasteiger partial charge on any atom is 0.269 e. The number of likely N-dealkylation sites (tertiary alicyclic amines) is 1. The number of nitrogens with zero attached hydrogens (tertiary/aromatic N) is 4. The van der Waals surface area contributed by atoms with Gasteiger partial charge < -0.3 is 14.8 Å². The summed E-state index contributed by atoms with van der Waals surface area (Å²) in [5.74, 6) is 0.754. The van der Waals surface area contributed by atoms with Crippen LogP contribution in [0.4, 0.5) is 0 Å². The third-order valence-electron chi connectivity index (χ3n) is 4.76. The summed E-state index contributed by atoms with van der Waals surface area (Å²) < 4.78 is 1.92. The Hall–Kier alpha value is -2.64. The van der Waals surface area contributed by atoms with E-state index in [0.29, 0.717) is 18.5 Å². The molecule has 2 atom stereocenters. The van der Waals surface area contributed by atoms with Gasteiger partial charge in [0.25, 0.3) is 5.91 Å². The summed E-state index contributed by atoms with van der Waals surface area (Å²) in [4.78, 5) is 31.3. The number of carbonyl (C=O) groups excluding carboxylic acids is 2. The normalized spacial score (nSPS) is 24.2. The molecule has 2 aromatic heterocycles. The van der Waals surface area contributed by atoms with Crippen molar-refractivity contribution in [3.63, 3.8) is 0 Å². The van der Waals surface area contributed by atoms with Gasteiger partial charge in [-0.25, -0.2) is 4.98 Å². The molecule has 1 aliphatic carbocycles. The number of carbonyl (C=O) groups is 2. The molecule has 1 aliphatic heterocycles. The molecule has 0 unspecified atom stereocenters. The SMILES string of the molecule is Cn1ccnc1[C@H]1[C@H](NC(=O)c2ccn[nH]2)CCC(=O)N1C1CC1. The highest BCUT2D eigenvalue weighted by molar-refractivity contribution is 5.92. The molecule has 126 valence electrons. The van der Waals surface area contributed by atoms with E-state index in [4.69, 9.17) is 0 Å². The summed E-state index contributed by atoms with van der Waals surface area (Å²) in [6.45, 7) is 0. The van der Waals surface area contributed by atoms with Gasteiger partial charge >= 0.3 is 0 Å². The molecule has 8 nitrogen and oxygen atoms in total. The first-order valence-corrected chi connectivity index (χ1v) is 8.24. The maximum atomic E-state index is 12.5. The highest BCUT2D eigenvalue weighted by Crippen LogP contribution is 2.40. The molecule has 0 radical (unpaired) electrons. The lowest BCUT2D eigenvalue weighted by atomic mass is 9.94. The van der Waals surface area contributed by atoms with E-state index in [1.54, 1.807) is 18.5 Å². The number of aromatic nitrogens is 4. The van der Waals surface area contributed by atoms with Gasteiger partial charge in [-0.3, -0.25) is 14.7 Å². The molecule has 1 saturated heterocycles. The third kappa shape index (κ3) is 2.57. The van der Waals surface area contributed by atoms with Crippen LogP contribution in [0.3, 0.4) is 0 Å². The topological polar surface area (TPSA) is 95.9 Å². The van der Waals surface area contributed by atoms with Gasteiger partial charge in [-0.1, -0.05) is 0 Å². The Morgan fingerprint density at radius 2 is 2.17 bits per heavy atom. The van der Waals surface area contributed by atoms with Crippen LogP contribution in [-0.2, 0) is 11.8 Å². The Labute approximate surface area is 139 Å². The van der Waals surface area contributed by atoms with Crippen LogP contribution < -0.4 is 5.32 Å². The average Bonchev–Trinajstić information content (AvgIpc) is 3.07. The zero-order chi connectivity index (χ0) is 16.7. The van der Waals surface area contributed by atoms with E-state index in [2.05, 4.69) is 20.5 Å². The van der Waals surface area contributed by atoms with E-state index < -0.39 is 0 Å². The molecule has 24 heavy (non-hydrogen) atoms. The number of piperidine rings is 1. The number of nitrogens with one attached hydrogen (secondary N) is 2. The molecule has 0 spiro atoms. The summed E-state index contributed by atoms with van der Waals surface area (Å²) in [5.41, 5.74) is 0.420.